The van der Waals surface area contributed by atoms with Crippen molar-refractivity contribution in [3.63, 3.8) is 0 Å². The van der Waals surface area contributed by atoms with Crippen LogP contribution in [0.15, 0.2) is 29.6 Å². The van der Waals surface area contributed by atoms with E-state index in [1.807, 2.05) is 19.2 Å². The number of methoxy groups -OCH3 is 1. The topological polar surface area (TPSA) is 88.6 Å². The Morgan fingerprint density at radius 1 is 1.28 bits per heavy atom. The Labute approximate surface area is 192 Å². The minimum atomic E-state index is -1.20. The van der Waals surface area contributed by atoms with E-state index in [2.05, 4.69) is 10.3 Å². The van der Waals surface area contributed by atoms with Gasteiger partial charge in [0.15, 0.2) is 0 Å². The Balaban J connectivity index is 1.62. The SMILES string of the molecule is COc1ccc([C@@]2(CC(=O)N[C@H](C)c3nc(C)cs3)CC(=O)N(C3CCCC3)C2=O)cc1. The van der Waals surface area contributed by atoms with Crippen LogP contribution >= 0.6 is 11.3 Å². The lowest BCUT2D eigenvalue weighted by molar-refractivity contribution is -0.143. The molecular weight excluding hydrogens is 426 g/mol. The van der Waals surface area contributed by atoms with Gasteiger partial charge in [-0.05, 0) is 44.4 Å². The summed E-state index contributed by atoms with van der Waals surface area (Å²) in [6.45, 7) is 3.79. The van der Waals surface area contributed by atoms with Gasteiger partial charge in [-0.25, -0.2) is 4.98 Å². The summed E-state index contributed by atoms with van der Waals surface area (Å²) in [4.78, 5) is 45.8. The number of thiazole rings is 1. The third-order valence-corrected chi connectivity index (χ3v) is 7.67. The second-order valence-corrected chi connectivity index (χ2v) is 9.68. The van der Waals surface area contributed by atoms with Crippen LogP contribution in [0.5, 0.6) is 5.75 Å². The van der Waals surface area contributed by atoms with Crippen molar-refractivity contribution in [2.24, 2.45) is 0 Å². The Hall–Kier alpha value is -2.74. The summed E-state index contributed by atoms with van der Waals surface area (Å²) in [5.41, 5.74) is 0.378. The standard InChI is InChI=1S/C24H29N3O4S/c1-15-14-32-22(25-15)16(2)26-20(28)12-24(17-8-10-19(31-3)11-9-17)13-21(29)27(23(24)30)18-6-4-5-7-18/h8-11,14,16,18H,4-7,12-13H2,1-3H3,(H,26,28)/t16-,24-/m1/s1. The molecule has 1 aromatic carbocycles. The minimum absolute atomic E-state index is 0.00677. The lowest BCUT2D eigenvalue weighted by Crippen LogP contribution is -2.45. The number of aryl methyl sites for hydroxylation is 1. The number of aromatic nitrogens is 1. The Bertz CT molecular complexity index is 1010. The molecule has 1 saturated carbocycles. The molecule has 0 radical (unpaired) electrons. The number of benzene rings is 1. The Morgan fingerprint density at radius 3 is 2.56 bits per heavy atom. The summed E-state index contributed by atoms with van der Waals surface area (Å²) < 4.78 is 5.25. The van der Waals surface area contributed by atoms with Gasteiger partial charge in [0.05, 0.1) is 18.6 Å². The molecule has 0 bridgehead atoms. The van der Waals surface area contributed by atoms with Crippen molar-refractivity contribution >= 4 is 29.1 Å². The molecule has 2 heterocycles. The van der Waals surface area contributed by atoms with Crippen LogP contribution in [0, 0.1) is 6.92 Å². The molecule has 4 rings (SSSR count). The van der Waals surface area contributed by atoms with Gasteiger partial charge in [0, 0.05) is 30.0 Å². The Morgan fingerprint density at radius 2 is 1.97 bits per heavy atom. The highest BCUT2D eigenvalue weighted by molar-refractivity contribution is 7.09. The Kier molecular flexibility index (Phi) is 6.33. The van der Waals surface area contributed by atoms with Crippen LogP contribution in [0.4, 0.5) is 0 Å². The van der Waals surface area contributed by atoms with Crippen molar-refractivity contribution in [2.75, 3.05) is 7.11 Å². The second kappa shape index (κ2) is 9.02. The number of carbonyl (C=O) groups is 3. The molecule has 7 nitrogen and oxygen atoms in total. The van der Waals surface area contributed by atoms with Gasteiger partial charge in [-0.3, -0.25) is 19.3 Å². The number of ether oxygens (including phenoxy) is 1. The lowest BCUT2D eigenvalue weighted by Gasteiger charge is -2.29. The fourth-order valence-electron chi connectivity index (χ4n) is 4.87. The largest absolute Gasteiger partial charge is 0.497 e. The predicted octanol–water partition coefficient (Wildman–Crippen LogP) is 3.67. The first-order chi connectivity index (χ1) is 15.3. The number of likely N-dealkylation sites (tertiary alicyclic amines) is 1. The molecule has 2 atom stereocenters. The van der Waals surface area contributed by atoms with E-state index < -0.39 is 5.41 Å². The van der Waals surface area contributed by atoms with Crippen molar-refractivity contribution in [3.8, 4) is 5.75 Å². The first kappa shape index (κ1) is 22.5. The van der Waals surface area contributed by atoms with Gasteiger partial charge in [-0.15, -0.1) is 11.3 Å². The minimum Gasteiger partial charge on any atom is -0.497 e. The second-order valence-electron chi connectivity index (χ2n) is 8.79. The van der Waals surface area contributed by atoms with E-state index in [0.717, 1.165) is 36.4 Å². The first-order valence-corrected chi connectivity index (χ1v) is 11.9. The predicted molar refractivity (Wildman–Crippen MR) is 121 cm³/mol. The lowest BCUT2D eigenvalue weighted by atomic mass is 9.75. The maximum absolute atomic E-state index is 13.8. The molecule has 2 aliphatic rings. The summed E-state index contributed by atoms with van der Waals surface area (Å²) in [6.07, 6.45) is 3.63. The number of hydrogen-bond donors (Lipinski definition) is 1. The zero-order valence-electron chi connectivity index (χ0n) is 18.7. The van der Waals surface area contributed by atoms with Crippen molar-refractivity contribution in [1.29, 1.82) is 0 Å². The summed E-state index contributed by atoms with van der Waals surface area (Å²) in [6, 6.07) is 6.80. The van der Waals surface area contributed by atoms with Crippen molar-refractivity contribution in [1.82, 2.24) is 15.2 Å². The molecule has 2 fully saturated rings. The number of imide groups is 1. The molecule has 1 aliphatic heterocycles. The summed E-state index contributed by atoms with van der Waals surface area (Å²) >= 11 is 1.49. The molecule has 8 heteroatoms. The average Bonchev–Trinajstić information content (AvgIpc) is 3.49. The van der Waals surface area contributed by atoms with Crippen LogP contribution in [-0.4, -0.2) is 40.8 Å². The zero-order valence-corrected chi connectivity index (χ0v) is 19.5. The van der Waals surface area contributed by atoms with Crippen molar-refractivity contribution in [2.45, 2.75) is 69.9 Å². The van der Waals surface area contributed by atoms with Crippen LogP contribution in [0.1, 0.15) is 67.8 Å². The number of hydrogen-bond acceptors (Lipinski definition) is 6. The van der Waals surface area contributed by atoms with E-state index in [1.165, 1.54) is 16.2 Å². The highest BCUT2D eigenvalue weighted by atomic mass is 32.1. The number of nitrogens with one attached hydrogen (secondary N) is 1. The number of amides is 3. The smallest absolute Gasteiger partial charge is 0.241 e. The molecule has 1 N–H and O–H groups in total. The maximum Gasteiger partial charge on any atom is 0.241 e. The van der Waals surface area contributed by atoms with Gasteiger partial charge < -0.3 is 10.1 Å². The summed E-state index contributed by atoms with van der Waals surface area (Å²) in [7, 11) is 1.58. The van der Waals surface area contributed by atoms with Crippen LogP contribution in [0.2, 0.25) is 0 Å². The summed E-state index contributed by atoms with van der Waals surface area (Å²) in [5, 5.41) is 5.73. The third-order valence-electron chi connectivity index (χ3n) is 6.53. The van der Waals surface area contributed by atoms with Gasteiger partial charge in [0.2, 0.25) is 17.7 Å². The van der Waals surface area contributed by atoms with Gasteiger partial charge in [0.25, 0.3) is 0 Å². The van der Waals surface area contributed by atoms with E-state index in [-0.39, 0.29) is 42.6 Å². The molecule has 170 valence electrons. The third kappa shape index (κ3) is 4.16. The molecular formula is C24H29N3O4S. The molecule has 0 spiro atoms. The van der Waals surface area contributed by atoms with E-state index in [0.29, 0.717) is 11.3 Å². The van der Waals surface area contributed by atoms with E-state index in [1.54, 1.807) is 31.4 Å². The van der Waals surface area contributed by atoms with Gasteiger partial charge >= 0.3 is 0 Å². The quantitative estimate of drug-likeness (QED) is 0.644. The molecule has 1 saturated heterocycles. The van der Waals surface area contributed by atoms with Crippen LogP contribution in [-0.2, 0) is 19.8 Å². The molecule has 0 unspecified atom stereocenters. The molecule has 2 aromatic rings. The van der Waals surface area contributed by atoms with Crippen molar-refractivity contribution in [3.05, 3.63) is 45.9 Å². The first-order valence-electron chi connectivity index (χ1n) is 11.1. The highest BCUT2D eigenvalue weighted by Crippen LogP contribution is 2.43. The maximum atomic E-state index is 13.8. The van der Waals surface area contributed by atoms with Gasteiger partial charge in [0.1, 0.15) is 10.8 Å². The van der Waals surface area contributed by atoms with Crippen LogP contribution in [0.25, 0.3) is 0 Å². The van der Waals surface area contributed by atoms with E-state index in [9.17, 15) is 14.4 Å². The van der Waals surface area contributed by atoms with Crippen molar-refractivity contribution < 1.29 is 19.1 Å². The average molecular weight is 456 g/mol. The van der Waals surface area contributed by atoms with Gasteiger partial charge in [-0.1, -0.05) is 25.0 Å². The van der Waals surface area contributed by atoms with Crippen LogP contribution in [0.3, 0.4) is 0 Å². The number of rotatable bonds is 7. The fraction of sp³-hybridized carbons (Fsp3) is 0.500. The monoisotopic (exact) mass is 455 g/mol. The normalized spacial score (nSPS) is 22.4. The number of carbonyl (C=O) groups excluding carboxylic acids is 3. The van der Waals surface area contributed by atoms with E-state index >= 15 is 0 Å². The highest BCUT2D eigenvalue weighted by Gasteiger charge is 2.55. The van der Waals surface area contributed by atoms with E-state index in [4.69, 9.17) is 4.74 Å². The zero-order chi connectivity index (χ0) is 22.9. The van der Waals surface area contributed by atoms with Gasteiger partial charge in [-0.2, -0.15) is 0 Å². The molecule has 1 aliphatic carbocycles. The number of nitrogens with zero attached hydrogens (tertiary/aromatic N) is 2. The molecule has 1 aromatic heterocycles. The summed E-state index contributed by atoms with van der Waals surface area (Å²) in [5.74, 6) is -0.0531. The fourth-order valence-corrected chi connectivity index (χ4v) is 5.67. The molecule has 32 heavy (non-hydrogen) atoms. The molecule has 3 amide bonds. The van der Waals surface area contributed by atoms with Crippen LogP contribution < -0.4 is 10.1 Å².